The van der Waals surface area contributed by atoms with Gasteiger partial charge in [-0.3, -0.25) is 4.98 Å². The number of nitrogens with zero attached hydrogens (tertiary/aromatic N) is 3. The lowest BCUT2D eigenvalue weighted by molar-refractivity contribution is 0.0593. The molecule has 0 saturated heterocycles. The third-order valence-corrected chi connectivity index (χ3v) is 2.92. The van der Waals surface area contributed by atoms with Crippen LogP contribution in [-0.2, 0) is 4.74 Å². The van der Waals surface area contributed by atoms with Crippen molar-refractivity contribution >= 4 is 17.5 Å². The molecule has 0 aliphatic heterocycles. The van der Waals surface area contributed by atoms with Gasteiger partial charge in [-0.2, -0.15) is 0 Å². The number of hydrogen-bond donors (Lipinski definition) is 0. The van der Waals surface area contributed by atoms with Gasteiger partial charge in [-0.05, 0) is 31.5 Å². The van der Waals surface area contributed by atoms with Crippen LogP contribution in [0.25, 0.3) is 0 Å². The summed E-state index contributed by atoms with van der Waals surface area (Å²) in [6.07, 6.45) is 3.04. The van der Waals surface area contributed by atoms with E-state index in [1.807, 2.05) is 36.9 Å². The molecule has 0 aliphatic rings. The first-order valence-electron chi connectivity index (χ1n) is 6.40. The van der Waals surface area contributed by atoms with E-state index in [0.29, 0.717) is 5.82 Å². The van der Waals surface area contributed by atoms with Crippen LogP contribution in [-0.4, -0.2) is 29.6 Å². The Morgan fingerprint density at radius 2 is 2.15 bits per heavy atom. The Labute approximate surface area is 118 Å². The van der Waals surface area contributed by atoms with Crippen LogP contribution in [0.1, 0.15) is 23.0 Å². The minimum atomic E-state index is -0.486. The number of carbonyl (C=O) groups is 1. The second-order valence-corrected chi connectivity index (χ2v) is 4.34. The lowest BCUT2D eigenvalue weighted by atomic mass is 10.2. The highest BCUT2D eigenvalue weighted by Crippen LogP contribution is 2.23. The molecule has 2 rings (SSSR count). The van der Waals surface area contributed by atoms with Gasteiger partial charge in [0.15, 0.2) is 11.5 Å². The van der Waals surface area contributed by atoms with Gasteiger partial charge in [0.25, 0.3) is 0 Å². The molecule has 0 atom stereocenters. The van der Waals surface area contributed by atoms with E-state index < -0.39 is 5.97 Å². The van der Waals surface area contributed by atoms with Crippen LogP contribution in [0.4, 0.5) is 11.5 Å². The van der Waals surface area contributed by atoms with Crippen molar-refractivity contribution in [1.29, 1.82) is 0 Å². The Kier molecular flexibility index (Phi) is 4.30. The number of carbonyl (C=O) groups excluding carboxylic acids is 1. The smallest absolute Gasteiger partial charge is 0.358 e. The maximum atomic E-state index is 11.5. The highest BCUT2D eigenvalue weighted by molar-refractivity contribution is 5.87. The molecule has 1 aromatic heterocycles. The Hall–Kier alpha value is -2.43. The fourth-order valence-corrected chi connectivity index (χ4v) is 1.96. The van der Waals surface area contributed by atoms with E-state index in [-0.39, 0.29) is 5.69 Å². The van der Waals surface area contributed by atoms with Gasteiger partial charge in [0.05, 0.1) is 19.5 Å². The van der Waals surface area contributed by atoms with Gasteiger partial charge in [0.2, 0.25) is 0 Å². The summed E-state index contributed by atoms with van der Waals surface area (Å²) < 4.78 is 4.67. The summed E-state index contributed by atoms with van der Waals surface area (Å²) in [5, 5.41) is 0. The Bertz CT molecular complexity index is 614. The molecular weight excluding hydrogens is 254 g/mol. The van der Waals surface area contributed by atoms with Crippen molar-refractivity contribution in [1.82, 2.24) is 9.97 Å². The first kappa shape index (κ1) is 14.0. The summed E-state index contributed by atoms with van der Waals surface area (Å²) >= 11 is 0. The van der Waals surface area contributed by atoms with Crippen LogP contribution >= 0.6 is 0 Å². The van der Waals surface area contributed by atoms with E-state index >= 15 is 0 Å². The maximum Gasteiger partial charge on any atom is 0.358 e. The number of rotatable bonds is 4. The third-order valence-electron chi connectivity index (χ3n) is 2.92. The number of anilines is 2. The van der Waals surface area contributed by atoms with Crippen LogP contribution < -0.4 is 4.90 Å². The fourth-order valence-electron chi connectivity index (χ4n) is 1.96. The van der Waals surface area contributed by atoms with Crippen molar-refractivity contribution in [3.05, 3.63) is 47.9 Å². The molecule has 0 saturated carbocycles. The SMILES string of the molecule is CCN(c1cccc(C)c1)c1cncc(C(=O)OC)n1. The van der Waals surface area contributed by atoms with E-state index in [4.69, 9.17) is 0 Å². The molecule has 20 heavy (non-hydrogen) atoms. The van der Waals surface area contributed by atoms with Crippen molar-refractivity contribution in [2.24, 2.45) is 0 Å². The number of hydrogen-bond acceptors (Lipinski definition) is 5. The Morgan fingerprint density at radius 1 is 1.35 bits per heavy atom. The minimum absolute atomic E-state index is 0.205. The standard InChI is InChI=1S/C15H17N3O2/c1-4-18(12-7-5-6-11(2)8-12)14-10-16-9-13(17-14)15(19)20-3/h5-10H,4H2,1-3H3. The summed E-state index contributed by atoms with van der Waals surface area (Å²) in [5.41, 5.74) is 2.39. The second kappa shape index (κ2) is 6.14. The normalized spacial score (nSPS) is 10.2. The molecule has 0 amide bonds. The predicted molar refractivity (Wildman–Crippen MR) is 77.2 cm³/mol. The Morgan fingerprint density at radius 3 is 2.80 bits per heavy atom. The van der Waals surface area contributed by atoms with E-state index in [9.17, 15) is 4.79 Å². The number of benzene rings is 1. The monoisotopic (exact) mass is 271 g/mol. The van der Waals surface area contributed by atoms with E-state index in [1.54, 1.807) is 6.20 Å². The summed E-state index contributed by atoms with van der Waals surface area (Å²) in [5.74, 6) is 0.139. The molecular formula is C15H17N3O2. The summed E-state index contributed by atoms with van der Waals surface area (Å²) in [7, 11) is 1.33. The molecule has 0 spiro atoms. The van der Waals surface area contributed by atoms with Gasteiger partial charge in [0, 0.05) is 12.2 Å². The lowest BCUT2D eigenvalue weighted by Gasteiger charge is -2.22. The van der Waals surface area contributed by atoms with E-state index in [1.165, 1.54) is 13.3 Å². The van der Waals surface area contributed by atoms with Gasteiger partial charge >= 0.3 is 5.97 Å². The zero-order valence-electron chi connectivity index (χ0n) is 11.8. The van der Waals surface area contributed by atoms with Gasteiger partial charge in [-0.25, -0.2) is 9.78 Å². The van der Waals surface area contributed by atoms with Gasteiger partial charge in [-0.15, -0.1) is 0 Å². The predicted octanol–water partition coefficient (Wildman–Crippen LogP) is 2.73. The number of aromatic nitrogens is 2. The quantitative estimate of drug-likeness (QED) is 0.800. The van der Waals surface area contributed by atoms with Crippen LogP contribution in [0.5, 0.6) is 0 Å². The molecule has 0 aliphatic carbocycles. The van der Waals surface area contributed by atoms with Crippen molar-refractivity contribution in [2.45, 2.75) is 13.8 Å². The number of aryl methyl sites for hydroxylation is 1. The molecule has 5 nitrogen and oxygen atoms in total. The molecule has 0 fully saturated rings. The largest absolute Gasteiger partial charge is 0.464 e. The molecule has 1 heterocycles. The molecule has 2 aromatic rings. The average molecular weight is 271 g/mol. The maximum absolute atomic E-state index is 11.5. The molecule has 5 heteroatoms. The molecule has 1 aromatic carbocycles. The summed E-state index contributed by atoms with van der Waals surface area (Å²) in [6.45, 7) is 4.78. The highest BCUT2D eigenvalue weighted by atomic mass is 16.5. The van der Waals surface area contributed by atoms with Crippen LogP contribution in [0.3, 0.4) is 0 Å². The van der Waals surface area contributed by atoms with Crippen molar-refractivity contribution in [3.8, 4) is 0 Å². The fraction of sp³-hybridized carbons (Fsp3) is 0.267. The van der Waals surface area contributed by atoms with Crippen LogP contribution in [0.2, 0.25) is 0 Å². The zero-order chi connectivity index (χ0) is 14.5. The van der Waals surface area contributed by atoms with Crippen molar-refractivity contribution in [2.75, 3.05) is 18.6 Å². The summed E-state index contributed by atoms with van der Waals surface area (Å²) in [4.78, 5) is 21.9. The zero-order valence-corrected chi connectivity index (χ0v) is 11.8. The Balaban J connectivity index is 2.39. The highest BCUT2D eigenvalue weighted by Gasteiger charge is 2.13. The topological polar surface area (TPSA) is 55.3 Å². The van der Waals surface area contributed by atoms with Gasteiger partial charge in [0.1, 0.15) is 0 Å². The lowest BCUT2D eigenvalue weighted by Crippen LogP contribution is -2.19. The van der Waals surface area contributed by atoms with Crippen LogP contribution in [0.15, 0.2) is 36.7 Å². The molecule has 0 unspecified atom stereocenters. The second-order valence-electron chi connectivity index (χ2n) is 4.34. The molecule has 0 bridgehead atoms. The first-order chi connectivity index (χ1) is 9.65. The van der Waals surface area contributed by atoms with Crippen molar-refractivity contribution < 1.29 is 9.53 Å². The number of esters is 1. The molecule has 104 valence electrons. The number of methoxy groups -OCH3 is 1. The van der Waals surface area contributed by atoms with Gasteiger partial charge < -0.3 is 9.64 Å². The number of ether oxygens (including phenoxy) is 1. The first-order valence-corrected chi connectivity index (χ1v) is 6.40. The molecule has 0 N–H and O–H groups in total. The van der Waals surface area contributed by atoms with E-state index in [2.05, 4.69) is 20.8 Å². The van der Waals surface area contributed by atoms with Gasteiger partial charge in [-0.1, -0.05) is 12.1 Å². The summed E-state index contributed by atoms with van der Waals surface area (Å²) in [6, 6.07) is 8.10. The third kappa shape index (κ3) is 2.93. The average Bonchev–Trinajstić information content (AvgIpc) is 2.47. The van der Waals surface area contributed by atoms with Crippen LogP contribution in [0, 0.1) is 6.92 Å². The minimum Gasteiger partial charge on any atom is -0.464 e. The van der Waals surface area contributed by atoms with E-state index in [0.717, 1.165) is 17.8 Å². The molecule has 0 radical (unpaired) electrons. The van der Waals surface area contributed by atoms with Crippen molar-refractivity contribution in [3.63, 3.8) is 0 Å².